The van der Waals surface area contributed by atoms with Gasteiger partial charge in [0.2, 0.25) is 5.71 Å². The molecule has 0 saturated heterocycles. The topological polar surface area (TPSA) is 156 Å². The lowest BCUT2D eigenvalue weighted by atomic mass is 9.95. The summed E-state index contributed by atoms with van der Waals surface area (Å²) in [6.07, 6.45) is 3.38. The number of hydrazone groups is 1. The molecule has 1 aliphatic rings. The molecule has 0 spiro atoms. The van der Waals surface area contributed by atoms with Gasteiger partial charge in [-0.15, -0.1) is 11.3 Å². The molecule has 0 radical (unpaired) electrons. The van der Waals surface area contributed by atoms with Crippen LogP contribution in [-0.4, -0.2) is 54.1 Å². The molecule has 0 unspecified atom stereocenters. The Kier molecular flexibility index (Phi) is 8.04. The number of oxime groups is 1. The van der Waals surface area contributed by atoms with E-state index in [0.29, 0.717) is 6.42 Å². The first kappa shape index (κ1) is 23.0. The third-order valence-corrected chi connectivity index (χ3v) is 5.44. The number of esters is 2. The van der Waals surface area contributed by atoms with E-state index in [2.05, 4.69) is 15.6 Å². The van der Waals surface area contributed by atoms with Crippen LogP contribution in [-0.2, 0) is 36.7 Å². The standard InChI is InChI=1S/C18H22N4O7S/c1-4-29-18(26)13(22-27)9(2)20-21-15(24)14(23)19-16-12(17(25)28-3)10-7-5-6-8-11(10)30-16/h27H,4-8H2,1-3H3,(H,19,23)(H,21,24)/b20-9+,22-13-. The second-order valence-corrected chi connectivity index (χ2v) is 7.27. The van der Waals surface area contributed by atoms with E-state index in [1.54, 1.807) is 6.92 Å². The Morgan fingerprint density at radius 2 is 1.87 bits per heavy atom. The van der Waals surface area contributed by atoms with Crippen LogP contribution in [0.1, 0.15) is 47.5 Å². The van der Waals surface area contributed by atoms with Crippen LogP contribution in [0.2, 0.25) is 0 Å². The fraction of sp³-hybridized carbons (Fsp3) is 0.444. The van der Waals surface area contributed by atoms with Crippen molar-refractivity contribution in [3.63, 3.8) is 0 Å². The smallest absolute Gasteiger partial charge is 0.362 e. The van der Waals surface area contributed by atoms with Crippen LogP contribution in [0.25, 0.3) is 0 Å². The van der Waals surface area contributed by atoms with Crippen molar-refractivity contribution in [3.05, 3.63) is 16.0 Å². The van der Waals surface area contributed by atoms with Crippen LogP contribution in [0, 0.1) is 0 Å². The minimum absolute atomic E-state index is 0.0488. The van der Waals surface area contributed by atoms with E-state index in [0.717, 1.165) is 29.7 Å². The van der Waals surface area contributed by atoms with Crippen LogP contribution in [0.5, 0.6) is 0 Å². The highest BCUT2D eigenvalue weighted by atomic mass is 32.1. The molecule has 11 nitrogen and oxygen atoms in total. The SMILES string of the molecule is CCOC(=O)C(=N\O)/C(C)=N/NC(=O)C(=O)Nc1sc2c(c1C(=O)OC)CCCC2. The molecule has 2 amide bonds. The molecular weight excluding hydrogens is 416 g/mol. The van der Waals surface area contributed by atoms with Crippen molar-refractivity contribution in [2.45, 2.75) is 39.5 Å². The molecule has 0 aliphatic heterocycles. The molecule has 30 heavy (non-hydrogen) atoms. The largest absolute Gasteiger partial charge is 0.465 e. The van der Waals surface area contributed by atoms with Crippen LogP contribution in [0.15, 0.2) is 10.3 Å². The average molecular weight is 438 g/mol. The molecule has 0 aromatic carbocycles. The number of aryl methyl sites for hydroxylation is 1. The van der Waals surface area contributed by atoms with E-state index < -0.39 is 29.5 Å². The number of anilines is 1. The number of hydrogen-bond donors (Lipinski definition) is 3. The first-order chi connectivity index (χ1) is 14.3. The number of rotatable bonds is 6. The molecule has 1 heterocycles. The monoisotopic (exact) mass is 438 g/mol. The van der Waals surface area contributed by atoms with Gasteiger partial charge in [-0.1, -0.05) is 5.16 Å². The molecule has 3 N–H and O–H groups in total. The van der Waals surface area contributed by atoms with Gasteiger partial charge in [0, 0.05) is 4.88 Å². The number of amides is 2. The molecule has 0 bridgehead atoms. The summed E-state index contributed by atoms with van der Waals surface area (Å²) in [5.74, 6) is -3.73. The summed E-state index contributed by atoms with van der Waals surface area (Å²) in [6, 6.07) is 0. The van der Waals surface area contributed by atoms with Crippen molar-refractivity contribution in [2.24, 2.45) is 10.3 Å². The third-order valence-electron chi connectivity index (χ3n) is 4.23. The lowest BCUT2D eigenvalue weighted by Crippen LogP contribution is -2.34. The number of nitrogens with zero attached hydrogens (tertiary/aromatic N) is 2. The van der Waals surface area contributed by atoms with E-state index in [9.17, 15) is 19.2 Å². The highest BCUT2D eigenvalue weighted by Crippen LogP contribution is 2.38. The van der Waals surface area contributed by atoms with Crippen molar-refractivity contribution in [1.29, 1.82) is 0 Å². The lowest BCUT2D eigenvalue weighted by Gasteiger charge is -2.11. The number of carbonyl (C=O) groups is 4. The Labute approximate surface area is 176 Å². The fourth-order valence-corrected chi connectivity index (χ4v) is 4.10. The van der Waals surface area contributed by atoms with Crippen LogP contribution in [0.4, 0.5) is 5.00 Å². The summed E-state index contributed by atoms with van der Waals surface area (Å²) in [5.41, 5.74) is 2.37. The fourth-order valence-electron chi connectivity index (χ4n) is 2.83. The van der Waals surface area contributed by atoms with E-state index in [1.807, 2.05) is 5.43 Å². The molecule has 162 valence electrons. The number of methoxy groups -OCH3 is 1. The van der Waals surface area contributed by atoms with Crippen molar-refractivity contribution in [2.75, 3.05) is 19.0 Å². The Morgan fingerprint density at radius 1 is 1.17 bits per heavy atom. The molecule has 0 fully saturated rings. The second kappa shape index (κ2) is 10.5. The number of fused-ring (bicyclic) bond motifs is 1. The zero-order valence-electron chi connectivity index (χ0n) is 16.7. The highest BCUT2D eigenvalue weighted by Gasteiger charge is 2.28. The average Bonchev–Trinajstić information content (AvgIpc) is 3.09. The number of carbonyl (C=O) groups excluding carboxylic acids is 4. The molecule has 0 atom stereocenters. The van der Waals surface area contributed by atoms with E-state index in [-0.39, 0.29) is 22.9 Å². The number of ether oxygens (including phenoxy) is 2. The van der Waals surface area contributed by atoms with E-state index >= 15 is 0 Å². The predicted octanol–water partition coefficient (Wildman–Crippen LogP) is 1.24. The zero-order valence-corrected chi connectivity index (χ0v) is 17.6. The zero-order chi connectivity index (χ0) is 22.3. The highest BCUT2D eigenvalue weighted by molar-refractivity contribution is 7.17. The van der Waals surface area contributed by atoms with Gasteiger partial charge < -0.3 is 20.0 Å². The molecule has 2 rings (SSSR count). The lowest BCUT2D eigenvalue weighted by molar-refractivity contribution is -0.136. The van der Waals surface area contributed by atoms with Crippen molar-refractivity contribution >= 4 is 51.5 Å². The van der Waals surface area contributed by atoms with Crippen LogP contribution in [0.3, 0.4) is 0 Å². The Balaban J connectivity index is 2.13. The maximum Gasteiger partial charge on any atom is 0.362 e. The van der Waals surface area contributed by atoms with Crippen LogP contribution < -0.4 is 10.7 Å². The summed E-state index contributed by atoms with van der Waals surface area (Å²) in [4.78, 5) is 49.2. The van der Waals surface area contributed by atoms with Gasteiger partial charge in [0.15, 0.2) is 0 Å². The summed E-state index contributed by atoms with van der Waals surface area (Å²) < 4.78 is 9.51. The van der Waals surface area contributed by atoms with Crippen molar-refractivity contribution in [3.8, 4) is 0 Å². The predicted molar refractivity (Wildman–Crippen MR) is 108 cm³/mol. The molecule has 1 aromatic rings. The second-order valence-electron chi connectivity index (χ2n) is 6.17. The minimum Gasteiger partial charge on any atom is -0.465 e. The summed E-state index contributed by atoms with van der Waals surface area (Å²) >= 11 is 1.23. The molecule has 1 aliphatic carbocycles. The van der Waals surface area contributed by atoms with Gasteiger partial charge in [-0.05, 0) is 45.1 Å². The maximum absolute atomic E-state index is 12.3. The number of thiophene rings is 1. The van der Waals surface area contributed by atoms with E-state index in [4.69, 9.17) is 14.7 Å². The molecule has 1 aromatic heterocycles. The van der Waals surface area contributed by atoms with Crippen LogP contribution >= 0.6 is 11.3 Å². The first-order valence-corrected chi connectivity index (χ1v) is 9.93. The third kappa shape index (κ3) is 5.20. The van der Waals surface area contributed by atoms with Gasteiger partial charge in [-0.2, -0.15) is 5.10 Å². The number of nitrogens with one attached hydrogen (secondary N) is 2. The van der Waals surface area contributed by atoms with Gasteiger partial charge >= 0.3 is 23.8 Å². The summed E-state index contributed by atoms with van der Waals surface area (Å²) in [5, 5.41) is 17.9. The van der Waals surface area contributed by atoms with Gasteiger partial charge in [0.05, 0.1) is 25.0 Å². The van der Waals surface area contributed by atoms with E-state index in [1.165, 1.54) is 25.4 Å². The normalized spacial score (nSPS) is 13.8. The molecular formula is C18H22N4O7S. The minimum atomic E-state index is -1.14. The molecule has 12 heteroatoms. The van der Waals surface area contributed by atoms with Gasteiger partial charge in [-0.3, -0.25) is 9.59 Å². The van der Waals surface area contributed by atoms with Crippen molar-refractivity contribution < 1.29 is 33.9 Å². The van der Waals surface area contributed by atoms with Crippen molar-refractivity contribution in [1.82, 2.24) is 5.43 Å². The summed E-state index contributed by atoms with van der Waals surface area (Å²) in [6.45, 7) is 2.90. The first-order valence-electron chi connectivity index (χ1n) is 9.11. The summed E-state index contributed by atoms with van der Waals surface area (Å²) in [7, 11) is 1.24. The maximum atomic E-state index is 12.3. The number of hydrogen-bond acceptors (Lipinski definition) is 10. The van der Waals surface area contributed by atoms with Gasteiger partial charge in [0.25, 0.3) is 0 Å². The van der Waals surface area contributed by atoms with Gasteiger partial charge in [0.1, 0.15) is 5.00 Å². The Bertz CT molecular complexity index is 920. The van der Waals surface area contributed by atoms with Gasteiger partial charge in [-0.25, -0.2) is 15.0 Å². The quantitative estimate of drug-likeness (QED) is 0.198. The Morgan fingerprint density at radius 3 is 2.50 bits per heavy atom. The Hall–Kier alpha value is -3.28. The molecule has 0 saturated carbocycles.